The molecule has 1 aromatic rings. The van der Waals surface area contributed by atoms with Gasteiger partial charge in [0.25, 0.3) is 0 Å². The third-order valence-corrected chi connectivity index (χ3v) is 3.12. The summed E-state index contributed by atoms with van der Waals surface area (Å²) < 4.78 is 43.7. The molecule has 1 heterocycles. The number of aryl methyl sites for hydroxylation is 2. The molecule has 0 radical (unpaired) electrons. The van der Waals surface area contributed by atoms with Crippen LogP contribution in [0.5, 0.6) is 0 Å². The van der Waals surface area contributed by atoms with E-state index >= 15 is 0 Å². The number of hydrogen-bond acceptors (Lipinski definition) is 5. The van der Waals surface area contributed by atoms with Gasteiger partial charge in [-0.2, -0.15) is 13.2 Å². The van der Waals surface area contributed by atoms with Crippen molar-refractivity contribution in [3.05, 3.63) is 17.5 Å². The monoisotopic (exact) mass is 347 g/mol. The smallest absolute Gasteiger partial charge is 0.464 e. The van der Waals surface area contributed by atoms with Gasteiger partial charge in [-0.15, -0.1) is 0 Å². The van der Waals surface area contributed by atoms with Gasteiger partial charge >= 0.3 is 18.1 Å². The molecule has 0 saturated heterocycles. The van der Waals surface area contributed by atoms with Crippen LogP contribution >= 0.6 is 0 Å². The molecule has 0 aliphatic heterocycles. The summed E-state index contributed by atoms with van der Waals surface area (Å²) in [6, 6.07) is 0.0430. The molecule has 0 spiro atoms. The van der Waals surface area contributed by atoms with Crippen molar-refractivity contribution in [2.24, 2.45) is 0 Å². The van der Waals surface area contributed by atoms with Crippen LogP contribution in [0.2, 0.25) is 0 Å². The highest BCUT2D eigenvalue weighted by atomic mass is 19.4. The van der Waals surface area contributed by atoms with Gasteiger partial charge in [-0.1, -0.05) is 13.3 Å². The van der Waals surface area contributed by atoms with Gasteiger partial charge in [0.15, 0.2) is 0 Å². The molecule has 9 heteroatoms. The molecule has 1 rings (SSSR count). The first-order chi connectivity index (χ1) is 11.1. The lowest BCUT2D eigenvalue weighted by atomic mass is 10.2. The SMILES string of the molecule is CCCCOC(=O)C(C)N(C(=O)C(F)(F)F)c1nc(C)cc(C)n1. The van der Waals surface area contributed by atoms with Crippen LogP contribution in [-0.2, 0) is 14.3 Å². The lowest BCUT2D eigenvalue weighted by Gasteiger charge is -2.27. The van der Waals surface area contributed by atoms with Crippen LogP contribution in [0.1, 0.15) is 38.1 Å². The Kier molecular flexibility index (Phi) is 6.68. The number of rotatable bonds is 6. The van der Waals surface area contributed by atoms with Gasteiger partial charge in [-0.3, -0.25) is 9.69 Å². The van der Waals surface area contributed by atoms with E-state index in [9.17, 15) is 22.8 Å². The van der Waals surface area contributed by atoms with Gasteiger partial charge in [0.1, 0.15) is 6.04 Å². The number of alkyl halides is 3. The van der Waals surface area contributed by atoms with Crippen molar-refractivity contribution in [1.29, 1.82) is 0 Å². The zero-order valence-corrected chi connectivity index (χ0v) is 14.0. The summed E-state index contributed by atoms with van der Waals surface area (Å²) in [6.07, 6.45) is -3.84. The topological polar surface area (TPSA) is 72.4 Å². The first kappa shape index (κ1) is 19.9. The number of anilines is 1. The number of carbonyl (C=O) groups excluding carboxylic acids is 2. The quantitative estimate of drug-likeness (QED) is 0.584. The highest BCUT2D eigenvalue weighted by Crippen LogP contribution is 2.24. The van der Waals surface area contributed by atoms with Crippen molar-refractivity contribution in [3.8, 4) is 0 Å². The Balaban J connectivity index is 3.18. The molecular formula is C15H20F3N3O3. The Morgan fingerprint density at radius 1 is 1.25 bits per heavy atom. The lowest BCUT2D eigenvalue weighted by Crippen LogP contribution is -2.50. The van der Waals surface area contributed by atoms with Crippen LogP contribution in [0.3, 0.4) is 0 Å². The summed E-state index contributed by atoms with van der Waals surface area (Å²) in [6.45, 7) is 6.21. The Bertz CT molecular complexity index is 585. The first-order valence-electron chi connectivity index (χ1n) is 7.47. The molecule has 134 valence electrons. The number of aromatic nitrogens is 2. The minimum absolute atomic E-state index is 0.0709. The number of hydrogen-bond donors (Lipinski definition) is 0. The number of nitrogens with zero attached hydrogens (tertiary/aromatic N) is 3. The first-order valence-corrected chi connectivity index (χ1v) is 7.47. The zero-order valence-electron chi connectivity index (χ0n) is 14.0. The van der Waals surface area contributed by atoms with E-state index < -0.39 is 30.0 Å². The summed E-state index contributed by atoms with van der Waals surface area (Å²) in [5, 5.41) is 0. The fraction of sp³-hybridized carbons (Fsp3) is 0.600. The Labute approximate surface area is 138 Å². The molecule has 0 aliphatic rings. The second-order valence-electron chi connectivity index (χ2n) is 5.32. The number of ether oxygens (including phenoxy) is 1. The summed E-state index contributed by atoms with van der Waals surface area (Å²) in [4.78, 5) is 31.7. The molecule has 1 atom stereocenters. The number of carbonyl (C=O) groups is 2. The molecule has 1 unspecified atom stereocenters. The average molecular weight is 347 g/mol. The summed E-state index contributed by atoms with van der Waals surface area (Å²) in [5.41, 5.74) is 0.757. The van der Waals surface area contributed by atoms with E-state index in [2.05, 4.69) is 9.97 Å². The molecule has 0 fully saturated rings. The van der Waals surface area contributed by atoms with E-state index in [1.165, 1.54) is 0 Å². The minimum Gasteiger partial charge on any atom is -0.464 e. The second-order valence-corrected chi connectivity index (χ2v) is 5.32. The van der Waals surface area contributed by atoms with E-state index in [4.69, 9.17) is 4.74 Å². The van der Waals surface area contributed by atoms with Crippen LogP contribution in [0.15, 0.2) is 6.07 Å². The van der Waals surface area contributed by atoms with Crippen LogP contribution in [0.25, 0.3) is 0 Å². The normalized spacial score (nSPS) is 12.6. The summed E-state index contributed by atoms with van der Waals surface area (Å²) >= 11 is 0. The third kappa shape index (κ3) is 5.17. The van der Waals surface area contributed by atoms with Crippen molar-refractivity contribution in [1.82, 2.24) is 9.97 Å². The van der Waals surface area contributed by atoms with E-state index in [0.29, 0.717) is 17.8 Å². The van der Waals surface area contributed by atoms with E-state index in [0.717, 1.165) is 13.3 Å². The van der Waals surface area contributed by atoms with Crippen molar-refractivity contribution in [2.45, 2.75) is 52.8 Å². The molecule has 0 saturated carbocycles. The molecule has 0 aliphatic carbocycles. The molecule has 6 nitrogen and oxygen atoms in total. The Hall–Kier alpha value is -2.19. The third-order valence-electron chi connectivity index (χ3n) is 3.12. The molecular weight excluding hydrogens is 327 g/mol. The van der Waals surface area contributed by atoms with E-state index in [-0.39, 0.29) is 11.5 Å². The summed E-state index contributed by atoms with van der Waals surface area (Å²) in [5.74, 6) is -3.63. The molecule has 0 aromatic carbocycles. The molecule has 1 amide bonds. The maximum atomic E-state index is 12.9. The number of unbranched alkanes of at least 4 members (excludes halogenated alkanes) is 1. The Morgan fingerprint density at radius 2 is 1.79 bits per heavy atom. The molecule has 1 aromatic heterocycles. The largest absolute Gasteiger partial charge is 0.471 e. The van der Waals surface area contributed by atoms with Crippen LogP contribution < -0.4 is 4.90 Å². The lowest BCUT2D eigenvalue weighted by molar-refractivity contribution is -0.172. The van der Waals surface area contributed by atoms with Gasteiger partial charge < -0.3 is 4.74 Å². The number of esters is 1. The van der Waals surface area contributed by atoms with Crippen molar-refractivity contribution in [3.63, 3.8) is 0 Å². The summed E-state index contributed by atoms with van der Waals surface area (Å²) in [7, 11) is 0. The second kappa shape index (κ2) is 8.07. The van der Waals surface area contributed by atoms with Gasteiger partial charge in [0.05, 0.1) is 6.61 Å². The fourth-order valence-corrected chi connectivity index (χ4v) is 1.93. The predicted molar refractivity (Wildman–Crippen MR) is 80.4 cm³/mol. The van der Waals surface area contributed by atoms with Crippen LogP contribution in [-0.4, -0.2) is 40.7 Å². The van der Waals surface area contributed by atoms with Crippen molar-refractivity contribution < 1.29 is 27.5 Å². The van der Waals surface area contributed by atoms with Gasteiger partial charge in [0, 0.05) is 11.4 Å². The highest BCUT2D eigenvalue weighted by Gasteiger charge is 2.47. The maximum absolute atomic E-state index is 12.9. The zero-order chi connectivity index (χ0) is 18.5. The predicted octanol–water partition coefficient (Wildman–Crippen LogP) is 2.72. The van der Waals surface area contributed by atoms with Crippen molar-refractivity contribution in [2.75, 3.05) is 11.5 Å². The molecule has 0 N–H and O–H groups in total. The maximum Gasteiger partial charge on any atom is 0.471 e. The van der Waals surface area contributed by atoms with Crippen LogP contribution in [0, 0.1) is 13.8 Å². The standard InChI is InChI=1S/C15H20F3N3O3/c1-5-6-7-24-12(22)11(4)21(13(23)15(16,17)18)14-19-9(2)8-10(3)20-14/h8,11H,5-7H2,1-4H3. The Morgan fingerprint density at radius 3 is 2.25 bits per heavy atom. The van der Waals surface area contributed by atoms with Gasteiger partial charge in [-0.05, 0) is 33.3 Å². The highest BCUT2D eigenvalue weighted by molar-refractivity contribution is 6.00. The van der Waals surface area contributed by atoms with Crippen LogP contribution in [0.4, 0.5) is 19.1 Å². The van der Waals surface area contributed by atoms with E-state index in [1.807, 2.05) is 6.92 Å². The van der Waals surface area contributed by atoms with Gasteiger partial charge in [-0.25, -0.2) is 14.8 Å². The number of amides is 1. The van der Waals surface area contributed by atoms with E-state index in [1.54, 1.807) is 19.9 Å². The molecule has 0 bridgehead atoms. The average Bonchev–Trinajstić information content (AvgIpc) is 2.45. The van der Waals surface area contributed by atoms with Crippen molar-refractivity contribution >= 4 is 17.8 Å². The minimum atomic E-state index is -5.17. The fourth-order valence-electron chi connectivity index (χ4n) is 1.93. The molecule has 24 heavy (non-hydrogen) atoms. The number of halogens is 3. The van der Waals surface area contributed by atoms with Gasteiger partial charge in [0.2, 0.25) is 5.95 Å².